The fraction of sp³-hybridized carbons (Fsp3) is 0.333. The number of aromatic nitrogens is 2. The van der Waals surface area contributed by atoms with Gasteiger partial charge in [0.15, 0.2) is 0 Å². The van der Waals surface area contributed by atoms with E-state index in [1.807, 2.05) is 0 Å². The standard InChI is InChI=1S/C15H18N2O/c1-12(2)14-6-3-13(4-7-14)5-8-15(18)17-10-9-16-11-17/h3-4,6-7,9-12H,5,8H2,1-2H3. The molecule has 0 fully saturated rings. The van der Waals surface area contributed by atoms with Crippen molar-refractivity contribution in [3.63, 3.8) is 0 Å². The number of hydrogen-bond acceptors (Lipinski definition) is 2. The Morgan fingerprint density at radius 3 is 2.56 bits per heavy atom. The van der Waals surface area contributed by atoms with Gasteiger partial charge in [0.1, 0.15) is 6.33 Å². The van der Waals surface area contributed by atoms with Crippen LogP contribution < -0.4 is 0 Å². The zero-order valence-electron chi connectivity index (χ0n) is 10.8. The van der Waals surface area contributed by atoms with Gasteiger partial charge in [-0.15, -0.1) is 0 Å². The molecule has 0 unspecified atom stereocenters. The van der Waals surface area contributed by atoms with Crippen molar-refractivity contribution in [3.05, 3.63) is 54.1 Å². The van der Waals surface area contributed by atoms with Crippen molar-refractivity contribution < 1.29 is 4.79 Å². The first-order valence-electron chi connectivity index (χ1n) is 6.27. The summed E-state index contributed by atoms with van der Waals surface area (Å²) in [7, 11) is 0. The Kier molecular flexibility index (Phi) is 3.92. The van der Waals surface area contributed by atoms with E-state index in [0.717, 1.165) is 6.42 Å². The molecule has 0 saturated carbocycles. The maximum Gasteiger partial charge on any atom is 0.232 e. The third-order valence-electron chi connectivity index (χ3n) is 3.07. The second-order valence-electron chi connectivity index (χ2n) is 4.76. The molecular weight excluding hydrogens is 224 g/mol. The van der Waals surface area contributed by atoms with E-state index in [0.29, 0.717) is 12.3 Å². The van der Waals surface area contributed by atoms with Crippen LogP contribution in [0.2, 0.25) is 0 Å². The summed E-state index contributed by atoms with van der Waals surface area (Å²) in [5.74, 6) is 0.632. The number of nitrogens with zero attached hydrogens (tertiary/aromatic N) is 2. The summed E-state index contributed by atoms with van der Waals surface area (Å²) in [5, 5.41) is 0. The highest BCUT2D eigenvalue weighted by Gasteiger charge is 2.05. The van der Waals surface area contributed by atoms with Gasteiger partial charge < -0.3 is 0 Å². The molecule has 3 nitrogen and oxygen atoms in total. The van der Waals surface area contributed by atoms with Crippen LogP contribution in [0.15, 0.2) is 43.0 Å². The quantitative estimate of drug-likeness (QED) is 0.824. The van der Waals surface area contributed by atoms with Gasteiger partial charge in [-0.25, -0.2) is 4.98 Å². The summed E-state index contributed by atoms with van der Waals surface area (Å²) < 4.78 is 1.53. The van der Waals surface area contributed by atoms with Crippen molar-refractivity contribution in [2.75, 3.05) is 0 Å². The van der Waals surface area contributed by atoms with Gasteiger partial charge in [-0.2, -0.15) is 0 Å². The SMILES string of the molecule is CC(C)c1ccc(CCC(=O)n2ccnc2)cc1. The first kappa shape index (κ1) is 12.6. The van der Waals surface area contributed by atoms with E-state index in [1.165, 1.54) is 15.7 Å². The predicted octanol–water partition coefficient (Wildman–Crippen LogP) is 3.28. The van der Waals surface area contributed by atoms with Gasteiger partial charge in [-0.3, -0.25) is 9.36 Å². The van der Waals surface area contributed by atoms with Crippen molar-refractivity contribution in [3.8, 4) is 0 Å². The Balaban J connectivity index is 1.92. The minimum Gasteiger partial charge on any atom is -0.276 e. The molecule has 0 saturated heterocycles. The van der Waals surface area contributed by atoms with Gasteiger partial charge in [0.25, 0.3) is 0 Å². The number of benzene rings is 1. The Labute approximate surface area is 107 Å². The molecule has 94 valence electrons. The highest BCUT2D eigenvalue weighted by atomic mass is 16.2. The van der Waals surface area contributed by atoms with Crippen LogP contribution in [0.1, 0.15) is 42.1 Å². The Bertz CT molecular complexity index is 498. The Morgan fingerprint density at radius 2 is 2.00 bits per heavy atom. The highest BCUT2D eigenvalue weighted by Crippen LogP contribution is 2.15. The van der Waals surface area contributed by atoms with E-state index >= 15 is 0 Å². The summed E-state index contributed by atoms with van der Waals surface area (Å²) in [6.45, 7) is 4.36. The molecule has 0 amide bonds. The number of imidazole rings is 1. The predicted molar refractivity (Wildman–Crippen MR) is 71.7 cm³/mol. The molecule has 1 aromatic heterocycles. The molecule has 0 radical (unpaired) electrons. The van der Waals surface area contributed by atoms with Crippen LogP contribution in [0.4, 0.5) is 0 Å². The van der Waals surface area contributed by atoms with E-state index in [-0.39, 0.29) is 5.91 Å². The summed E-state index contributed by atoms with van der Waals surface area (Å²) in [6, 6.07) is 8.50. The van der Waals surface area contributed by atoms with E-state index in [1.54, 1.807) is 18.7 Å². The lowest BCUT2D eigenvalue weighted by Gasteiger charge is -2.06. The molecule has 18 heavy (non-hydrogen) atoms. The van der Waals surface area contributed by atoms with Gasteiger partial charge in [-0.05, 0) is 23.5 Å². The van der Waals surface area contributed by atoms with Crippen molar-refractivity contribution in [2.24, 2.45) is 0 Å². The lowest BCUT2D eigenvalue weighted by Crippen LogP contribution is -2.09. The Hall–Kier alpha value is -1.90. The van der Waals surface area contributed by atoms with Crippen LogP contribution in [-0.4, -0.2) is 15.5 Å². The van der Waals surface area contributed by atoms with Crippen LogP contribution in [0.3, 0.4) is 0 Å². The van der Waals surface area contributed by atoms with Crippen LogP contribution in [0.5, 0.6) is 0 Å². The minimum absolute atomic E-state index is 0.0837. The molecule has 2 rings (SSSR count). The van der Waals surface area contributed by atoms with Crippen LogP contribution >= 0.6 is 0 Å². The van der Waals surface area contributed by atoms with E-state index in [4.69, 9.17) is 0 Å². The van der Waals surface area contributed by atoms with Gasteiger partial charge in [0.05, 0.1) is 0 Å². The number of carbonyl (C=O) groups is 1. The van der Waals surface area contributed by atoms with E-state index in [9.17, 15) is 4.79 Å². The molecule has 0 aliphatic heterocycles. The highest BCUT2D eigenvalue weighted by molar-refractivity contribution is 5.78. The first-order valence-corrected chi connectivity index (χ1v) is 6.27. The average molecular weight is 242 g/mol. The number of hydrogen-bond donors (Lipinski definition) is 0. The lowest BCUT2D eigenvalue weighted by molar-refractivity contribution is 0.0903. The molecule has 0 atom stereocenters. The normalized spacial score (nSPS) is 10.8. The monoisotopic (exact) mass is 242 g/mol. The second-order valence-corrected chi connectivity index (χ2v) is 4.76. The number of rotatable bonds is 4. The van der Waals surface area contributed by atoms with Gasteiger partial charge >= 0.3 is 0 Å². The van der Waals surface area contributed by atoms with E-state index < -0.39 is 0 Å². The molecule has 2 aromatic rings. The molecule has 0 aliphatic rings. The summed E-state index contributed by atoms with van der Waals surface area (Å²) in [5.41, 5.74) is 2.53. The fourth-order valence-electron chi connectivity index (χ4n) is 1.86. The number of carbonyl (C=O) groups excluding carboxylic acids is 1. The summed E-state index contributed by atoms with van der Waals surface area (Å²) in [6.07, 6.45) is 6.14. The van der Waals surface area contributed by atoms with Crippen molar-refractivity contribution in [1.29, 1.82) is 0 Å². The van der Waals surface area contributed by atoms with Gasteiger partial charge in [-0.1, -0.05) is 38.1 Å². The molecule has 0 bridgehead atoms. The summed E-state index contributed by atoms with van der Waals surface area (Å²) in [4.78, 5) is 15.6. The lowest BCUT2D eigenvalue weighted by atomic mass is 10.0. The van der Waals surface area contributed by atoms with Gasteiger partial charge in [0.2, 0.25) is 5.91 Å². The van der Waals surface area contributed by atoms with Gasteiger partial charge in [0, 0.05) is 18.8 Å². The third kappa shape index (κ3) is 3.06. The fourth-order valence-corrected chi connectivity index (χ4v) is 1.86. The zero-order chi connectivity index (χ0) is 13.0. The molecular formula is C15H18N2O. The maximum absolute atomic E-state index is 11.8. The van der Waals surface area contributed by atoms with Crippen molar-refractivity contribution in [1.82, 2.24) is 9.55 Å². The minimum atomic E-state index is 0.0837. The topological polar surface area (TPSA) is 34.9 Å². The van der Waals surface area contributed by atoms with Crippen molar-refractivity contribution >= 4 is 5.91 Å². The molecule has 0 N–H and O–H groups in total. The molecule has 1 aromatic carbocycles. The third-order valence-corrected chi connectivity index (χ3v) is 3.07. The molecule has 1 heterocycles. The smallest absolute Gasteiger partial charge is 0.232 e. The summed E-state index contributed by atoms with van der Waals surface area (Å²) >= 11 is 0. The molecule has 0 aliphatic carbocycles. The molecule has 0 spiro atoms. The largest absolute Gasteiger partial charge is 0.276 e. The second kappa shape index (κ2) is 5.63. The van der Waals surface area contributed by atoms with Crippen LogP contribution in [-0.2, 0) is 6.42 Å². The number of aryl methyl sites for hydroxylation is 1. The van der Waals surface area contributed by atoms with Crippen molar-refractivity contribution in [2.45, 2.75) is 32.6 Å². The first-order chi connectivity index (χ1) is 8.66. The Morgan fingerprint density at radius 1 is 1.28 bits per heavy atom. The van der Waals surface area contributed by atoms with Crippen LogP contribution in [0, 0.1) is 0 Å². The van der Waals surface area contributed by atoms with Crippen LogP contribution in [0.25, 0.3) is 0 Å². The average Bonchev–Trinajstić information content (AvgIpc) is 2.90. The molecule has 3 heteroatoms. The maximum atomic E-state index is 11.8. The zero-order valence-corrected chi connectivity index (χ0v) is 10.8. The van der Waals surface area contributed by atoms with E-state index in [2.05, 4.69) is 43.1 Å².